The van der Waals surface area contributed by atoms with Crippen LogP contribution in [0.3, 0.4) is 0 Å². The minimum atomic E-state index is 0.513. The fourth-order valence-corrected chi connectivity index (χ4v) is 2.46. The normalized spacial score (nSPS) is 19.7. The molecule has 1 fully saturated rings. The van der Waals surface area contributed by atoms with Crippen molar-refractivity contribution in [1.82, 2.24) is 15.1 Å². The third-order valence-corrected chi connectivity index (χ3v) is 3.72. The number of rotatable bonds is 2. The maximum Gasteiger partial charge on any atom is 0.0655 e. The topological polar surface area (TPSA) is 29.9 Å². The summed E-state index contributed by atoms with van der Waals surface area (Å²) < 4.78 is 3.19. The van der Waals surface area contributed by atoms with Crippen LogP contribution in [0.2, 0.25) is 0 Å². The Bertz CT molecular complexity index is 498. The van der Waals surface area contributed by atoms with Gasteiger partial charge in [0.2, 0.25) is 0 Å². The molecular weight excluding hydrogens is 278 g/mol. The molecule has 1 unspecified atom stereocenters. The summed E-state index contributed by atoms with van der Waals surface area (Å²) in [6.07, 6.45) is 5.25. The van der Waals surface area contributed by atoms with E-state index in [1.54, 1.807) is 0 Å². The molecule has 88 valence electrons. The van der Waals surface area contributed by atoms with Crippen molar-refractivity contribution < 1.29 is 0 Å². The maximum absolute atomic E-state index is 4.46. The van der Waals surface area contributed by atoms with E-state index in [0.29, 0.717) is 6.04 Å². The van der Waals surface area contributed by atoms with Gasteiger partial charge in [0.1, 0.15) is 0 Å². The summed E-state index contributed by atoms with van der Waals surface area (Å²) in [7, 11) is 0. The number of aromatic nitrogens is 2. The Morgan fingerprint density at radius 3 is 2.76 bits per heavy atom. The van der Waals surface area contributed by atoms with Gasteiger partial charge in [-0.05, 0) is 30.7 Å². The molecule has 1 atom stereocenters. The average Bonchev–Trinajstić information content (AvgIpc) is 3.00. The zero-order valence-electron chi connectivity index (χ0n) is 9.44. The van der Waals surface area contributed by atoms with Gasteiger partial charge in [-0.2, -0.15) is 5.10 Å². The lowest BCUT2D eigenvalue weighted by atomic mass is 10.1. The quantitative estimate of drug-likeness (QED) is 0.922. The highest BCUT2D eigenvalue weighted by Gasteiger charge is 2.17. The highest BCUT2D eigenvalue weighted by Crippen LogP contribution is 2.23. The molecule has 0 saturated carbocycles. The lowest BCUT2D eigenvalue weighted by Crippen LogP contribution is -2.13. The number of nitrogens with zero attached hydrogens (tertiary/aromatic N) is 2. The fourth-order valence-electron chi connectivity index (χ4n) is 2.19. The number of hydrogen-bond acceptors (Lipinski definition) is 2. The molecule has 0 radical (unpaired) electrons. The molecule has 4 heteroatoms. The largest absolute Gasteiger partial charge is 0.315 e. The first-order valence-corrected chi connectivity index (χ1v) is 6.63. The van der Waals surface area contributed by atoms with Crippen molar-refractivity contribution in [3.63, 3.8) is 0 Å². The Kier molecular flexibility index (Phi) is 2.99. The van der Waals surface area contributed by atoms with Crippen LogP contribution in [0.1, 0.15) is 12.5 Å². The number of halogens is 1. The fraction of sp³-hybridized carbons (Fsp3) is 0.308. The van der Waals surface area contributed by atoms with Crippen LogP contribution >= 0.6 is 15.9 Å². The second kappa shape index (κ2) is 4.63. The van der Waals surface area contributed by atoms with E-state index in [1.165, 1.54) is 17.5 Å². The van der Waals surface area contributed by atoms with Crippen LogP contribution in [-0.4, -0.2) is 22.9 Å². The zero-order chi connectivity index (χ0) is 11.7. The molecule has 1 aromatic heterocycles. The van der Waals surface area contributed by atoms with E-state index in [9.17, 15) is 0 Å². The highest BCUT2D eigenvalue weighted by atomic mass is 79.9. The Morgan fingerprint density at radius 1 is 1.24 bits per heavy atom. The molecule has 2 heterocycles. The summed E-state index contributed by atoms with van der Waals surface area (Å²) in [5.41, 5.74) is 2.40. The number of nitrogens with one attached hydrogen (secondary N) is 1. The predicted octanol–water partition coefficient (Wildman–Crippen LogP) is 2.85. The number of hydrogen-bond donors (Lipinski definition) is 1. The molecule has 0 amide bonds. The summed E-state index contributed by atoms with van der Waals surface area (Å²) in [4.78, 5) is 0. The van der Waals surface area contributed by atoms with Crippen molar-refractivity contribution in [2.24, 2.45) is 0 Å². The van der Waals surface area contributed by atoms with Crippen LogP contribution in [-0.2, 0) is 0 Å². The molecule has 2 aromatic rings. The van der Waals surface area contributed by atoms with Crippen molar-refractivity contribution in [1.29, 1.82) is 0 Å². The second-order valence-electron chi connectivity index (χ2n) is 4.36. The zero-order valence-corrected chi connectivity index (χ0v) is 11.0. The van der Waals surface area contributed by atoms with E-state index in [1.807, 2.05) is 6.20 Å². The third-order valence-electron chi connectivity index (χ3n) is 3.19. The molecule has 1 N–H and O–H groups in total. The average molecular weight is 292 g/mol. The van der Waals surface area contributed by atoms with E-state index in [4.69, 9.17) is 0 Å². The van der Waals surface area contributed by atoms with E-state index in [-0.39, 0.29) is 0 Å². The Labute approximate surface area is 109 Å². The molecule has 3 rings (SSSR count). The summed E-state index contributed by atoms with van der Waals surface area (Å²) in [5, 5.41) is 7.82. The van der Waals surface area contributed by atoms with Crippen LogP contribution in [0, 0.1) is 0 Å². The molecule has 0 aliphatic carbocycles. The van der Waals surface area contributed by atoms with Gasteiger partial charge in [-0.25, -0.2) is 0 Å². The molecule has 1 saturated heterocycles. The van der Waals surface area contributed by atoms with Gasteiger partial charge in [-0.3, -0.25) is 4.68 Å². The highest BCUT2D eigenvalue weighted by molar-refractivity contribution is 9.10. The van der Waals surface area contributed by atoms with Crippen LogP contribution in [0.5, 0.6) is 0 Å². The van der Waals surface area contributed by atoms with Crippen LogP contribution < -0.4 is 5.32 Å². The van der Waals surface area contributed by atoms with Gasteiger partial charge < -0.3 is 5.32 Å². The lowest BCUT2D eigenvalue weighted by Gasteiger charge is -2.07. The molecule has 1 aromatic carbocycles. The number of benzene rings is 1. The first-order valence-electron chi connectivity index (χ1n) is 5.84. The van der Waals surface area contributed by atoms with E-state index >= 15 is 0 Å². The SMILES string of the molecule is Brc1ccc(-c2cnn(C3CCNC3)c2)cc1. The first-order chi connectivity index (χ1) is 8.33. The molecular formula is C13H14BrN3. The Hall–Kier alpha value is -1.13. The standard InChI is InChI=1S/C13H14BrN3/c14-12-3-1-10(2-4-12)11-7-16-17(9-11)13-5-6-15-8-13/h1-4,7,9,13,15H,5-6,8H2. The Morgan fingerprint density at radius 2 is 2.06 bits per heavy atom. The van der Waals surface area contributed by atoms with Crippen molar-refractivity contribution in [3.05, 3.63) is 41.1 Å². The van der Waals surface area contributed by atoms with E-state index < -0.39 is 0 Å². The van der Waals surface area contributed by atoms with Gasteiger partial charge >= 0.3 is 0 Å². The minimum absolute atomic E-state index is 0.513. The van der Waals surface area contributed by atoms with Gasteiger partial charge in [0.25, 0.3) is 0 Å². The molecule has 0 bridgehead atoms. The lowest BCUT2D eigenvalue weighted by molar-refractivity contribution is 0.491. The third kappa shape index (κ3) is 2.28. The van der Waals surface area contributed by atoms with Crippen molar-refractivity contribution in [3.8, 4) is 11.1 Å². The van der Waals surface area contributed by atoms with Crippen LogP contribution in [0.25, 0.3) is 11.1 Å². The van der Waals surface area contributed by atoms with Gasteiger partial charge in [0, 0.05) is 22.8 Å². The van der Waals surface area contributed by atoms with Crippen LogP contribution in [0.4, 0.5) is 0 Å². The van der Waals surface area contributed by atoms with Gasteiger partial charge in [0.05, 0.1) is 12.2 Å². The van der Waals surface area contributed by atoms with Gasteiger partial charge in [-0.15, -0.1) is 0 Å². The minimum Gasteiger partial charge on any atom is -0.315 e. The van der Waals surface area contributed by atoms with Gasteiger partial charge in [-0.1, -0.05) is 28.1 Å². The van der Waals surface area contributed by atoms with Crippen molar-refractivity contribution >= 4 is 15.9 Å². The molecule has 0 spiro atoms. The monoisotopic (exact) mass is 291 g/mol. The maximum atomic E-state index is 4.46. The molecule has 1 aliphatic heterocycles. The second-order valence-corrected chi connectivity index (χ2v) is 5.28. The molecule has 3 nitrogen and oxygen atoms in total. The van der Waals surface area contributed by atoms with Crippen molar-refractivity contribution in [2.75, 3.05) is 13.1 Å². The molecule has 17 heavy (non-hydrogen) atoms. The van der Waals surface area contributed by atoms with Crippen molar-refractivity contribution in [2.45, 2.75) is 12.5 Å². The first kappa shape index (κ1) is 11.0. The van der Waals surface area contributed by atoms with E-state index in [2.05, 4.69) is 61.5 Å². The van der Waals surface area contributed by atoms with Gasteiger partial charge in [0.15, 0.2) is 0 Å². The summed E-state index contributed by atoms with van der Waals surface area (Å²) in [6, 6.07) is 8.85. The smallest absolute Gasteiger partial charge is 0.0655 e. The Balaban J connectivity index is 1.86. The van der Waals surface area contributed by atoms with Crippen LogP contribution in [0.15, 0.2) is 41.1 Å². The van der Waals surface area contributed by atoms with E-state index in [0.717, 1.165) is 17.6 Å². The molecule has 1 aliphatic rings. The summed E-state index contributed by atoms with van der Waals surface area (Å²) >= 11 is 3.45. The predicted molar refractivity (Wildman–Crippen MR) is 71.9 cm³/mol. The summed E-state index contributed by atoms with van der Waals surface area (Å²) in [6.45, 7) is 2.12. The summed E-state index contributed by atoms with van der Waals surface area (Å²) in [5.74, 6) is 0.